The highest BCUT2D eigenvalue weighted by atomic mass is 14.4. The Morgan fingerprint density at radius 1 is 0.294 bits per heavy atom. The summed E-state index contributed by atoms with van der Waals surface area (Å²) >= 11 is 0. The number of hydrogen-bond acceptors (Lipinski definition) is 0. The molecule has 240 valence electrons. The maximum absolute atomic E-state index is 2.46. The molecule has 1 aliphatic rings. The van der Waals surface area contributed by atoms with Gasteiger partial charge < -0.3 is 0 Å². The third-order valence-electron chi connectivity index (χ3n) is 11.3. The first-order valence-corrected chi connectivity index (χ1v) is 17.9. The minimum Gasteiger partial charge on any atom is -0.0622 e. The van der Waals surface area contributed by atoms with Gasteiger partial charge in [0.2, 0.25) is 0 Å². The molecule has 0 fully saturated rings. The van der Waals surface area contributed by atoms with Gasteiger partial charge in [-0.2, -0.15) is 0 Å². The predicted octanol–water partition coefficient (Wildman–Crippen LogP) is 14.1. The third-order valence-corrected chi connectivity index (χ3v) is 11.3. The Labute approximate surface area is 299 Å². The van der Waals surface area contributed by atoms with Crippen LogP contribution in [0.15, 0.2) is 182 Å². The smallest absolute Gasteiger partial charge is 0.0158 e. The van der Waals surface area contributed by atoms with Gasteiger partial charge in [0.15, 0.2) is 0 Å². The van der Waals surface area contributed by atoms with Crippen LogP contribution in [0.1, 0.15) is 25.0 Å². The molecule has 0 atom stereocenters. The summed E-state index contributed by atoms with van der Waals surface area (Å²) in [6.45, 7) is 4.72. The van der Waals surface area contributed by atoms with Crippen molar-refractivity contribution in [1.29, 1.82) is 0 Å². The van der Waals surface area contributed by atoms with E-state index in [9.17, 15) is 0 Å². The van der Waals surface area contributed by atoms with Crippen molar-refractivity contribution in [1.82, 2.24) is 0 Å². The molecule has 0 N–H and O–H groups in total. The minimum absolute atomic E-state index is 0.0405. The number of fused-ring (bicyclic) bond motifs is 6. The third kappa shape index (κ3) is 4.53. The molecule has 0 radical (unpaired) electrons. The number of benzene rings is 9. The summed E-state index contributed by atoms with van der Waals surface area (Å²) in [6.07, 6.45) is 0. The van der Waals surface area contributed by atoms with Crippen LogP contribution in [0.4, 0.5) is 0 Å². The van der Waals surface area contributed by atoms with Gasteiger partial charge in [0.05, 0.1) is 0 Å². The Kier molecular flexibility index (Phi) is 6.63. The first-order valence-electron chi connectivity index (χ1n) is 17.9. The molecule has 0 unspecified atom stereocenters. The molecule has 0 saturated heterocycles. The van der Waals surface area contributed by atoms with Crippen LogP contribution in [0.3, 0.4) is 0 Å². The van der Waals surface area contributed by atoms with E-state index >= 15 is 0 Å². The van der Waals surface area contributed by atoms with Gasteiger partial charge in [-0.15, -0.1) is 0 Å². The highest BCUT2D eigenvalue weighted by Crippen LogP contribution is 2.52. The molecule has 0 aromatic heterocycles. The fourth-order valence-corrected chi connectivity index (χ4v) is 8.84. The van der Waals surface area contributed by atoms with Gasteiger partial charge in [-0.3, -0.25) is 0 Å². The van der Waals surface area contributed by atoms with Crippen LogP contribution in [0.25, 0.3) is 88.0 Å². The number of hydrogen-bond donors (Lipinski definition) is 0. The van der Waals surface area contributed by atoms with E-state index in [2.05, 4.69) is 196 Å². The Morgan fingerprint density at radius 3 is 1.67 bits per heavy atom. The van der Waals surface area contributed by atoms with Crippen molar-refractivity contribution in [2.24, 2.45) is 0 Å². The van der Waals surface area contributed by atoms with Crippen molar-refractivity contribution in [3.05, 3.63) is 193 Å². The molecule has 0 aliphatic heterocycles. The zero-order valence-electron chi connectivity index (χ0n) is 28.8. The van der Waals surface area contributed by atoms with Crippen molar-refractivity contribution in [2.45, 2.75) is 19.3 Å². The first kappa shape index (κ1) is 29.7. The Morgan fingerprint density at radius 2 is 0.882 bits per heavy atom. The summed E-state index contributed by atoms with van der Waals surface area (Å²) < 4.78 is 0. The van der Waals surface area contributed by atoms with E-state index in [0.717, 1.165) is 0 Å². The van der Waals surface area contributed by atoms with Crippen LogP contribution >= 0.6 is 0 Å². The van der Waals surface area contributed by atoms with Gasteiger partial charge in [-0.1, -0.05) is 184 Å². The largest absolute Gasteiger partial charge is 0.0622 e. The quantitative estimate of drug-likeness (QED) is 0.167. The van der Waals surface area contributed by atoms with E-state index in [1.54, 1.807) is 0 Å². The lowest BCUT2D eigenvalue weighted by atomic mass is 9.80. The molecular formula is C51H36. The van der Waals surface area contributed by atoms with E-state index in [1.165, 1.54) is 99.1 Å². The molecule has 9 aromatic rings. The summed E-state index contributed by atoms with van der Waals surface area (Å²) in [6, 6.07) is 67.5. The Bertz CT molecular complexity index is 2800. The topological polar surface area (TPSA) is 0 Å². The Balaban J connectivity index is 1.36. The maximum atomic E-state index is 2.46. The average Bonchev–Trinajstić information content (AvgIpc) is 3.42. The SMILES string of the molecule is CC1(C)c2ccccc2-c2cc(-c3c4ccccc4c(-c4c(-c5ccccc5)ccc5ccccc45)c4ccc(-c5ccccc5)cc34)ccc21. The first-order chi connectivity index (χ1) is 25.1. The van der Waals surface area contributed by atoms with Gasteiger partial charge in [0.25, 0.3) is 0 Å². The van der Waals surface area contributed by atoms with Crippen molar-refractivity contribution < 1.29 is 0 Å². The van der Waals surface area contributed by atoms with Crippen molar-refractivity contribution in [3.63, 3.8) is 0 Å². The van der Waals surface area contributed by atoms with E-state index in [0.29, 0.717) is 0 Å². The summed E-state index contributed by atoms with van der Waals surface area (Å²) in [4.78, 5) is 0. The van der Waals surface area contributed by atoms with Gasteiger partial charge in [-0.05, 0) is 111 Å². The normalized spacial score (nSPS) is 13.1. The van der Waals surface area contributed by atoms with Gasteiger partial charge in [0.1, 0.15) is 0 Å². The zero-order valence-corrected chi connectivity index (χ0v) is 28.8. The molecule has 0 bridgehead atoms. The van der Waals surface area contributed by atoms with Gasteiger partial charge in [-0.25, -0.2) is 0 Å². The lowest BCUT2D eigenvalue weighted by molar-refractivity contribution is 0.660. The van der Waals surface area contributed by atoms with Crippen LogP contribution in [-0.4, -0.2) is 0 Å². The molecule has 9 aromatic carbocycles. The maximum Gasteiger partial charge on any atom is 0.0158 e. The van der Waals surface area contributed by atoms with Crippen LogP contribution in [0.5, 0.6) is 0 Å². The molecular weight excluding hydrogens is 613 g/mol. The molecule has 51 heavy (non-hydrogen) atoms. The highest BCUT2D eigenvalue weighted by molar-refractivity contribution is 6.25. The molecule has 0 amide bonds. The van der Waals surface area contributed by atoms with Crippen molar-refractivity contribution in [3.8, 4) is 55.6 Å². The lowest BCUT2D eigenvalue weighted by Gasteiger charge is -2.23. The summed E-state index contributed by atoms with van der Waals surface area (Å²) in [5, 5.41) is 7.57. The highest BCUT2D eigenvalue weighted by Gasteiger charge is 2.35. The van der Waals surface area contributed by atoms with Crippen LogP contribution in [0.2, 0.25) is 0 Å². The second-order valence-electron chi connectivity index (χ2n) is 14.4. The van der Waals surface area contributed by atoms with E-state index in [4.69, 9.17) is 0 Å². The summed E-state index contributed by atoms with van der Waals surface area (Å²) in [7, 11) is 0. The van der Waals surface area contributed by atoms with Crippen molar-refractivity contribution >= 4 is 32.3 Å². The molecule has 0 heteroatoms. The molecule has 10 rings (SSSR count). The Hall–Kier alpha value is -6.24. The second kappa shape index (κ2) is 11.4. The molecule has 1 aliphatic carbocycles. The summed E-state index contributed by atoms with van der Waals surface area (Å²) in [5.74, 6) is 0. The fraction of sp³-hybridized carbons (Fsp3) is 0.0588. The monoisotopic (exact) mass is 648 g/mol. The van der Waals surface area contributed by atoms with Gasteiger partial charge >= 0.3 is 0 Å². The van der Waals surface area contributed by atoms with E-state index in [1.807, 2.05) is 0 Å². The average molecular weight is 649 g/mol. The zero-order chi connectivity index (χ0) is 34.1. The van der Waals surface area contributed by atoms with Crippen LogP contribution in [-0.2, 0) is 5.41 Å². The minimum atomic E-state index is -0.0405. The molecule has 0 saturated carbocycles. The molecule has 0 spiro atoms. The second-order valence-corrected chi connectivity index (χ2v) is 14.4. The number of rotatable bonds is 4. The predicted molar refractivity (Wildman–Crippen MR) is 218 cm³/mol. The standard InChI is InChI=1S/C51H36/c1-51(2)46-24-14-13-21-40(46)44-32-37(27-30-47(44)51)48-41-22-11-12-23-42(41)50(43-29-26-36(31-45(43)48)33-15-5-3-6-16-33)49-38-20-10-9-19-35(38)25-28-39(49)34-17-7-4-8-18-34/h3-32H,1-2H3. The van der Waals surface area contributed by atoms with Crippen LogP contribution < -0.4 is 0 Å². The molecule has 0 nitrogen and oxygen atoms in total. The summed E-state index contributed by atoms with van der Waals surface area (Å²) in [5.41, 5.74) is 15.5. The fourth-order valence-electron chi connectivity index (χ4n) is 8.84. The van der Waals surface area contributed by atoms with Crippen LogP contribution in [0, 0.1) is 0 Å². The van der Waals surface area contributed by atoms with Crippen molar-refractivity contribution in [2.75, 3.05) is 0 Å². The van der Waals surface area contributed by atoms with E-state index < -0.39 is 0 Å². The molecule has 0 heterocycles. The lowest BCUT2D eigenvalue weighted by Crippen LogP contribution is -2.14. The van der Waals surface area contributed by atoms with Gasteiger partial charge in [0, 0.05) is 5.41 Å². The van der Waals surface area contributed by atoms with E-state index in [-0.39, 0.29) is 5.41 Å².